The Hall–Kier alpha value is -3.74. The van der Waals surface area contributed by atoms with Crippen molar-refractivity contribution in [3.05, 3.63) is 65.7 Å². The first-order valence-electron chi connectivity index (χ1n) is 10.6. The molecule has 13 heteroatoms. The number of hydrogen-bond donors (Lipinski definition) is 0. The average molecular weight is 491 g/mol. The third-order valence-electron chi connectivity index (χ3n) is 5.55. The normalized spacial score (nSPS) is 15.8. The lowest BCUT2D eigenvalue weighted by Crippen LogP contribution is -2.25. The van der Waals surface area contributed by atoms with Crippen LogP contribution in [0.15, 0.2) is 47.1 Å². The quantitative estimate of drug-likeness (QED) is 0.355. The number of benzene rings is 1. The Morgan fingerprint density at radius 1 is 1.03 bits per heavy atom. The molecule has 0 bridgehead atoms. The molecule has 1 aromatic carbocycles. The van der Waals surface area contributed by atoms with Crippen LogP contribution in [0.25, 0.3) is 22.7 Å². The zero-order valence-electron chi connectivity index (χ0n) is 18.1. The van der Waals surface area contributed by atoms with Crippen LogP contribution in [0.2, 0.25) is 0 Å². The molecule has 4 aromatic rings. The van der Waals surface area contributed by atoms with E-state index in [1.54, 1.807) is 29.4 Å². The summed E-state index contributed by atoms with van der Waals surface area (Å²) in [6.07, 6.45) is 0.156. The average Bonchev–Trinajstić information content (AvgIpc) is 3.56. The van der Waals surface area contributed by atoms with Gasteiger partial charge in [-0.3, -0.25) is 9.88 Å². The minimum Gasteiger partial charge on any atom is -0.415 e. The lowest BCUT2D eigenvalue weighted by Gasteiger charge is -2.14. The summed E-state index contributed by atoms with van der Waals surface area (Å²) in [4.78, 5) is 6.00. The standard InChI is InChI=1S/C22H18F5N7O/c23-17-7-13(20-30-31-21(35-20)19(24)25)1-2-15(17)9-34-11-18(29-32-34)14-3-4-16(28-8-14)10-33-6-5-22(26,27)12-33/h1-4,7-8,11,19H,5-6,9-10,12H2. The summed E-state index contributed by atoms with van der Waals surface area (Å²) in [6, 6.07) is 7.60. The zero-order chi connectivity index (χ0) is 24.6. The summed E-state index contributed by atoms with van der Waals surface area (Å²) in [5.74, 6) is -4.29. The van der Waals surface area contributed by atoms with E-state index in [2.05, 4.69) is 25.5 Å². The second-order valence-electron chi connectivity index (χ2n) is 8.21. The molecule has 0 spiro atoms. The second-order valence-corrected chi connectivity index (χ2v) is 8.21. The van der Waals surface area contributed by atoms with Crippen LogP contribution in [0.4, 0.5) is 22.0 Å². The Kier molecular flexibility index (Phi) is 6.01. The fraction of sp³-hybridized carbons (Fsp3) is 0.318. The summed E-state index contributed by atoms with van der Waals surface area (Å²) >= 11 is 0. The van der Waals surface area contributed by atoms with Gasteiger partial charge in [-0.25, -0.2) is 17.9 Å². The van der Waals surface area contributed by atoms with Gasteiger partial charge in [-0.2, -0.15) is 8.78 Å². The van der Waals surface area contributed by atoms with Gasteiger partial charge in [0.15, 0.2) is 0 Å². The van der Waals surface area contributed by atoms with Gasteiger partial charge in [0.05, 0.1) is 25.0 Å². The number of hydrogen-bond acceptors (Lipinski definition) is 7. The Morgan fingerprint density at radius 3 is 2.51 bits per heavy atom. The molecule has 35 heavy (non-hydrogen) atoms. The number of alkyl halides is 4. The smallest absolute Gasteiger partial charge is 0.314 e. The molecule has 0 saturated carbocycles. The highest BCUT2D eigenvalue weighted by Crippen LogP contribution is 2.28. The highest BCUT2D eigenvalue weighted by atomic mass is 19.3. The lowest BCUT2D eigenvalue weighted by atomic mass is 10.1. The number of rotatable bonds is 7. The molecule has 3 aromatic heterocycles. The molecule has 182 valence electrons. The van der Waals surface area contributed by atoms with Crippen molar-refractivity contribution in [1.82, 2.24) is 35.1 Å². The molecule has 0 unspecified atom stereocenters. The molecule has 0 atom stereocenters. The van der Waals surface area contributed by atoms with Gasteiger partial charge >= 0.3 is 6.43 Å². The van der Waals surface area contributed by atoms with Crippen molar-refractivity contribution >= 4 is 0 Å². The number of halogens is 5. The van der Waals surface area contributed by atoms with E-state index in [1.165, 1.54) is 16.8 Å². The summed E-state index contributed by atoms with van der Waals surface area (Å²) in [7, 11) is 0. The molecule has 1 aliphatic rings. The Labute approximate surface area is 195 Å². The minimum atomic E-state index is -2.91. The summed E-state index contributed by atoms with van der Waals surface area (Å²) in [6.45, 7) is 0.465. The van der Waals surface area contributed by atoms with Crippen LogP contribution in [0.3, 0.4) is 0 Å². The topological polar surface area (TPSA) is 85.8 Å². The van der Waals surface area contributed by atoms with Crippen molar-refractivity contribution in [2.24, 2.45) is 0 Å². The van der Waals surface area contributed by atoms with Crippen LogP contribution in [0, 0.1) is 5.82 Å². The Bertz CT molecular complexity index is 1320. The van der Waals surface area contributed by atoms with Crippen LogP contribution in [0.1, 0.15) is 30.0 Å². The van der Waals surface area contributed by atoms with Gasteiger partial charge in [-0.05, 0) is 24.3 Å². The van der Waals surface area contributed by atoms with E-state index in [9.17, 15) is 22.0 Å². The van der Waals surface area contributed by atoms with Gasteiger partial charge in [-0.1, -0.05) is 11.3 Å². The molecule has 0 aliphatic carbocycles. The van der Waals surface area contributed by atoms with Crippen molar-refractivity contribution in [3.63, 3.8) is 0 Å². The van der Waals surface area contributed by atoms with Crippen molar-refractivity contribution in [1.29, 1.82) is 0 Å². The molecule has 0 amide bonds. The maximum atomic E-state index is 14.6. The third-order valence-corrected chi connectivity index (χ3v) is 5.55. The van der Waals surface area contributed by atoms with Crippen molar-refractivity contribution in [2.45, 2.75) is 31.9 Å². The number of aromatic nitrogens is 6. The van der Waals surface area contributed by atoms with Crippen LogP contribution in [0.5, 0.6) is 0 Å². The maximum absolute atomic E-state index is 14.6. The number of nitrogens with zero attached hydrogens (tertiary/aromatic N) is 7. The van der Waals surface area contributed by atoms with Gasteiger partial charge in [0.25, 0.3) is 11.8 Å². The van der Waals surface area contributed by atoms with E-state index < -0.39 is 24.1 Å². The zero-order valence-corrected chi connectivity index (χ0v) is 18.1. The van der Waals surface area contributed by atoms with Crippen LogP contribution in [-0.2, 0) is 13.1 Å². The summed E-state index contributed by atoms with van der Waals surface area (Å²) in [5.41, 5.74) is 2.32. The molecule has 1 aliphatic heterocycles. The fourth-order valence-corrected chi connectivity index (χ4v) is 3.77. The monoisotopic (exact) mass is 491 g/mol. The van der Waals surface area contributed by atoms with Crippen LogP contribution >= 0.6 is 0 Å². The summed E-state index contributed by atoms with van der Waals surface area (Å²) in [5, 5.41) is 14.8. The van der Waals surface area contributed by atoms with Gasteiger partial charge in [-0.15, -0.1) is 15.3 Å². The van der Waals surface area contributed by atoms with E-state index in [0.29, 0.717) is 30.0 Å². The first-order chi connectivity index (χ1) is 16.8. The maximum Gasteiger partial charge on any atom is 0.314 e. The van der Waals surface area contributed by atoms with Gasteiger partial charge in [0, 0.05) is 42.4 Å². The Balaban J connectivity index is 1.24. The predicted octanol–water partition coefficient (Wildman–Crippen LogP) is 4.36. The van der Waals surface area contributed by atoms with Crippen LogP contribution < -0.4 is 0 Å². The van der Waals surface area contributed by atoms with E-state index in [1.807, 2.05) is 0 Å². The first-order valence-corrected chi connectivity index (χ1v) is 10.6. The molecule has 1 saturated heterocycles. The van der Waals surface area contributed by atoms with E-state index in [0.717, 1.165) is 6.07 Å². The van der Waals surface area contributed by atoms with Crippen molar-refractivity contribution < 1.29 is 26.4 Å². The molecule has 4 heterocycles. The van der Waals surface area contributed by atoms with Crippen molar-refractivity contribution in [2.75, 3.05) is 13.1 Å². The lowest BCUT2D eigenvalue weighted by molar-refractivity contribution is 0.0114. The highest BCUT2D eigenvalue weighted by molar-refractivity contribution is 5.56. The van der Waals surface area contributed by atoms with E-state index in [-0.39, 0.29) is 36.5 Å². The number of pyridine rings is 1. The van der Waals surface area contributed by atoms with Crippen LogP contribution in [-0.4, -0.2) is 54.1 Å². The molecule has 0 radical (unpaired) electrons. The third kappa shape index (κ3) is 5.19. The minimum absolute atomic E-state index is 0.0694. The first kappa shape index (κ1) is 23.0. The second kappa shape index (κ2) is 9.13. The fourth-order valence-electron chi connectivity index (χ4n) is 3.77. The van der Waals surface area contributed by atoms with Gasteiger partial charge in [0.2, 0.25) is 5.89 Å². The molecule has 5 rings (SSSR count). The van der Waals surface area contributed by atoms with Crippen molar-refractivity contribution in [3.8, 4) is 22.7 Å². The largest absolute Gasteiger partial charge is 0.415 e. The molecule has 0 N–H and O–H groups in total. The Morgan fingerprint density at radius 2 is 1.86 bits per heavy atom. The molecule has 1 fully saturated rings. The molecular weight excluding hydrogens is 473 g/mol. The number of likely N-dealkylation sites (tertiary alicyclic amines) is 1. The van der Waals surface area contributed by atoms with Gasteiger partial charge in [0.1, 0.15) is 11.5 Å². The van der Waals surface area contributed by atoms with E-state index >= 15 is 0 Å². The SMILES string of the molecule is Fc1cc(-c2nnc(C(F)F)o2)ccc1Cn1cc(-c2ccc(CN3CCC(F)(F)C3)nc2)nn1. The predicted molar refractivity (Wildman–Crippen MR) is 112 cm³/mol. The van der Waals surface area contributed by atoms with E-state index in [4.69, 9.17) is 4.42 Å². The molecular formula is C22H18F5N7O. The highest BCUT2D eigenvalue weighted by Gasteiger charge is 2.38. The summed E-state index contributed by atoms with van der Waals surface area (Å²) < 4.78 is 72.8. The molecule has 8 nitrogen and oxygen atoms in total. The van der Waals surface area contributed by atoms with Gasteiger partial charge < -0.3 is 4.42 Å².